The molecule has 1 saturated heterocycles. The van der Waals surface area contributed by atoms with Gasteiger partial charge >= 0.3 is 0 Å². The quantitative estimate of drug-likeness (QED) is 0.238. The SMILES string of the molecule is CCC(=O)N1CCC(NC(=NC)NCCNC(=O)c2ccc(C)c(F)c2)C1.I. The van der Waals surface area contributed by atoms with E-state index in [2.05, 4.69) is 20.9 Å². The Morgan fingerprint density at radius 1 is 1.29 bits per heavy atom. The Kier molecular flexibility index (Phi) is 10.2. The number of nitrogens with one attached hydrogen (secondary N) is 3. The number of aryl methyl sites for hydroxylation is 1. The predicted octanol–water partition coefficient (Wildman–Crippen LogP) is 1.66. The highest BCUT2D eigenvalue weighted by atomic mass is 127. The molecule has 7 nitrogen and oxygen atoms in total. The van der Waals surface area contributed by atoms with E-state index >= 15 is 0 Å². The minimum atomic E-state index is -0.391. The standard InChI is InChI=1S/C19H28FN5O2.HI/c1-4-17(26)25-10-7-15(12-25)24-19(21-3)23-9-8-22-18(27)14-6-5-13(2)16(20)11-14;/h5-6,11,15H,4,7-10,12H2,1-3H3,(H,22,27)(H2,21,23,24);1H. The number of hydrogen-bond acceptors (Lipinski definition) is 3. The van der Waals surface area contributed by atoms with Gasteiger partial charge in [-0.3, -0.25) is 14.6 Å². The summed E-state index contributed by atoms with van der Waals surface area (Å²) in [6, 6.07) is 4.59. The first-order valence-electron chi connectivity index (χ1n) is 9.24. The molecule has 0 spiro atoms. The normalized spacial score (nSPS) is 16.4. The molecule has 0 saturated carbocycles. The molecular weight excluding hydrogens is 476 g/mol. The van der Waals surface area contributed by atoms with E-state index in [-0.39, 0.29) is 41.8 Å². The zero-order valence-electron chi connectivity index (χ0n) is 16.5. The molecule has 28 heavy (non-hydrogen) atoms. The number of carbonyl (C=O) groups is 2. The van der Waals surface area contributed by atoms with Crippen LogP contribution in [-0.4, -0.2) is 61.9 Å². The summed E-state index contributed by atoms with van der Waals surface area (Å²) in [5.41, 5.74) is 0.807. The number of carbonyl (C=O) groups excluding carboxylic acids is 2. The summed E-state index contributed by atoms with van der Waals surface area (Å²) >= 11 is 0. The molecule has 1 aliphatic heterocycles. The van der Waals surface area contributed by atoms with Crippen molar-refractivity contribution in [1.82, 2.24) is 20.9 Å². The number of likely N-dealkylation sites (tertiary alicyclic amines) is 1. The van der Waals surface area contributed by atoms with Crippen molar-refractivity contribution in [1.29, 1.82) is 0 Å². The van der Waals surface area contributed by atoms with Gasteiger partial charge in [-0.2, -0.15) is 0 Å². The maximum atomic E-state index is 13.5. The lowest BCUT2D eigenvalue weighted by atomic mass is 10.1. The van der Waals surface area contributed by atoms with Crippen LogP contribution in [0.15, 0.2) is 23.2 Å². The predicted molar refractivity (Wildman–Crippen MR) is 119 cm³/mol. The Morgan fingerprint density at radius 3 is 2.64 bits per heavy atom. The van der Waals surface area contributed by atoms with Crippen molar-refractivity contribution in [2.24, 2.45) is 4.99 Å². The second kappa shape index (κ2) is 11.8. The topological polar surface area (TPSA) is 85.8 Å². The number of benzene rings is 1. The number of amides is 2. The van der Waals surface area contributed by atoms with Gasteiger partial charge in [-0.05, 0) is 31.0 Å². The van der Waals surface area contributed by atoms with Crippen molar-refractivity contribution < 1.29 is 14.0 Å². The van der Waals surface area contributed by atoms with E-state index in [1.807, 2.05) is 11.8 Å². The molecule has 0 aromatic heterocycles. The fraction of sp³-hybridized carbons (Fsp3) is 0.526. The third-order valence-electron chi connectivity index (χ3n) is 4.54. The van der Waals surface area contributed by atoms with Crippen molar-refractivity contribution in [3.63, 3.8) is 0 Å². The zero-order valence-corrected chi connectivity index (χ0v) is 18.9. The number of halogens is 2. The molecule has 1 unspecified atom stereocenters. The molecule has 1 fully saturated rings. The maximum absolute atomic E-state index is 13.5. The molecule has 0 aliphatic carbocycles. The Labute approximate surface area is 182 Å². The average molecular weight is 505 g/mol. The highest BCUT2D eigenvalue weighted by molar-refractivity contribution is 14.0. The van der Waals surface area contributed by atoms with Gasteiger partial charge in [0.05, 0.1) is 0 Å². The lowest BCUT2D eigenvalue weighted by Crippen LogP contribution is -2.46. The van der Waals surface area contributed by atoms with Crippen LogP contribution in [0, 0.1) is 12.7 Å². The molecule has 1 aromatic rings. The Bertz CT molecular complexity index is 714. The number of hydrogen-bond donors (Lipinski definition) is 3. The summed E-state index contributed by atoms with van der Waals surface area (Å²) in [7, 11) is 1.67. The molecular formula is C19H29FIN5O2. The van der Waals surface area contributed by atoms with E-state index in [9.17, 15) is 14.0 Å². The molecule has 156 valence electrons. The lowest BCUT2D eigenvalue weighted by molar-refractivity contribution is -0.129. The van der Waals surface area contributed by atoms with Gasteiger partial charge in [0.25, 0.3) is 5.91 Å². The first-order valence-corrected chi connectivity index (χ1v) is 9.24. The monoisotopic (exact) mass is 505 g/mol. The minimum Gasteiger partial charge on any atom is -0.355 e. The van der Waals surface area contributed by atoms with E-state index in [4.69, 9.17) is 0 Å². The third kappa shape index (κ3) is 6.92. The summed E-state index contributed by atoms with van der Waals surface area (Å²) in [5.74, 6) is 0.0830. The fourth-order valence-corrected chi connectivity index (χ4v) is 2.91. The van der Waals surface area contributed by atoms with E-state index in [0.717, 1.165) is 13.0 Å². The Hall–Kier alpha value is -1.91. The number of rotatable bonds is 6. The molecule has 1 atom stereocenters. The van der Waals surface area contributed by atoms with Crippen molar-refractivity contribution in [2.75, 3.05) is 33.2 Å². The van der Waals surface area contributed by atoms with Crippen LogP contribution in [0.2, 0.25) is 0 Å². The van der Waals surface area contributed by atoms with Crippen LogP contribution in [0.5, 0.6) is 0 Å². The smallest absolute Gasteiger partial charge is 0.251 e. The first kappa shape index (κ1) is 24.1. The molecule has 9 heteroatoms. The summed E-state index contributed by atoms with van der Waals surface area (Å²) in [6.07, 6.45) is 1.40. The summed E-state index contributed by atoms with van der Waals surface area (Å²) in [6.45, 7) is 5.79. The van der Waals surface area contributed by atoms with Crippen LogP contribution in [0.25, 0.3) is 0 Å². The molecule has 0 bridgehead atoms. The van der Waals surface area contributed by atoms with Gasteiger partial charge in [0.15, 0.2) is 5.96 Å². The molecule has 1 aliphatic rings. The molecule has 1 heterocycles. The van der Waals surface area contributed by atoms with Gasteiger partial charge in [0.1, 0.15) is 5.82 Å². The van der Waals surface area contributed by atoms with Gasteiger partial charge < -0.3 is 20.9 Å². The van der Waals surface area contributed by atoms with E-state index < -0.39 is 5.82 Å². The zero-order chi connectivity index (χ0) is 19.8. The highest BCUT2D eigenvalue weighted by Gasteiger charge is 2.25. The number of guanidine groups is 1. The van der Waals surface area contributed by atoms with Gasteiger partial charge in [-0.1, -0.05) is 13.0 Å². The van der Waals surface area contributed by atoms with E-state index in [1.54, 1.807) is 26.1 Å². The van der Waals surface area contributed by atoms with E-state index in [0.29, 0.717) is 43.1 Å². The average Bonchev–Trinajstić information content (AvgIpc) is 3.14. The maximum Gasteiger partial charge on any atom is 0.251 e. The summed E-state index contributed by atoms with van der Waals surface area (Å²) < 4.78 is 13.5. The van der Waals surface area contributed by atoms with Gasteiger partial charge in [0, 0.05) is 51.3 Å². The van der Waals surface area contributed by atoms with Crippen LogP contribution in [0.1, 0.15) is 35.7 Å². The molecule has 3 N–H and O–H groups in total. The summed E-state index contributed by atoms with van der Waals surface area (Å²) in [4.78, 5) is 29.8. The Balaban J connectivity index is 0.00000392. The largest absolute Gasteiger partial charge is 0.355 e. The number of aliphatic imine (C=N–C) groups is 1. The van der Waals surface area contributed by atoms with Crippen LogP contribution in [-0.2, 0) is 4.79 Å². The highest BCUT2D eigenvalue weighted by Crippen LogP contribution is 2.10. The van der Waals surface area contributed by atoms with Crippen molar-refractivity contribution >= 4 is 41.8 Å². The lowest BCUT2D eigenvalue weighted by Gasteiger charge is -2.18. The van der Waals surface area contributed by atoms with Crippen molar-refractivity contribution in [3.8, 4) is 0 Å². The second-order valence-corrected chi connectivity index (χ2v) is 6.54. The van der Waals surface area contributed by atoms with Crippen LogP contribution in [0.4, 0.5) is 4.39 Å². The fourth-order valence-electron chi connectivity index (χ4n) is 2.91. The van der Waals surface area contributed by atoms with Gasteiger partial charge in [0.2, 0.25) is 5.91 Å². The first-order chi connectivity index (χ1) is 12.9. The minimum absolute atomic E-state index is 0. The van der Waals surface area contributed by atoms with Crippen LogP contribution >= 0.6 is 24.0 Å². The van der Waals surface area contributed by atoms with Gasteiger partial charge in [-0.25, -0.2) is 4.39 Å². The molecule has 2 amide bonds. The number of nitrogens with zero attached hydrogens (tertiary/aromatic N) is 2. The van der Waals surface area contributed by atoms with Gasteiger partial charge in [-0.15, -0.1) is 24.0 Å². The van der Waals surface area contributed by atoms with Crippen molar-refractivity contribution in [2.45, 2.75) is 32.7 Å². The van der Waals surface area contributed by atoms with E-state index in [1.165, 1.54) is 6.07 Å². The molecule has 2 rings (SSSR count). The second-order valence-electron chi connectivity index (χ2n) is 6.54. The summed E-state index contributed by atoms with van der Waals surface area (Å²) in [5, 5.41) is 9.16. The molecule has 1 aromatic carbocycles. The Morgan fingerprint density at radius 2 is 2.00 bits per heavy atom. The third-order valence-corrected chi connectivity index (χ3v) is 4.54. The molecule has 0 radical (unpaired) electrons. The van der Waals surface area contributed by atoms with Crippen molar-refractivity contribution in [3.05, 3.63) is 35.1 Å². The van der Waals surface area contributed by atoms with Crippen LogP contribution in [0.3, 0.4) is 0 Å². The van der Waals surface area contributed by atoms with Crippen LogP contribution < -0.4 is 16.0 Å².